The molecule has 382 valence electrons. The standard InChI is InChI=1S/C76H42N6S/c77-43-61-71(79-63-30-12-5-23-50(63)51-24-6-13-31-64(51)79)62(44-78)73(81-67-34-16-9-27-54(67)55-28-10-17-35-68(55)81)75(72(61)80-65-32-14-7-25-52(65)53-26-8-15-33-66(53)80)82-69-42-46(60-41-45-19-1-2-20-47(45)48-21-3-4-22-49(48)60)37-38-56(69)58-39-40-59-57-29-11-18-36-70(57)83-76(59)74(58)82/h1-42H. The third-order valence-electron chi connectivity index (χ3n) is 17.6. The van der Waals surface area contributed by atoms with Crippen LogP contribution in [0.15, 0.2) is 255 Å². The molecule has 5 aromatic heterocycles. The van der Waals surface area contributed by atoms with Gasteiger partial charge in [0.05, 0.1) is 71.6 Å². The van der Waals surface area contributed by atoms with E-state index >= 15 is 0 Å². The Labute approximate surface area is 478 Å². The largest absolute Gasteiger partial charge is 0.306 e. The van der Waals surface area contributed by atoms with Gasteiger partial charge in [0.25, 0.3) is 0 Å². The van der Waals surface area contributed by atoms with E-state index in [9.17, 15) is 10.5 Å². The van der Waals surface area contributed by atoms with E-state index in [0.29, 0.717) is 33.9 Å². The van der Waals surface area contributed by atoms with Crippen LogP contribution in [-0.4, -0.2) is 18.3 Å². The minimum Gasteiger partial charge on any atom is -0.306 e. The van der Waals surface area contributed by atoms with Gasteiger partial charge in [0.1, 0.15) is 23.3 Å². The number of para-hydroxylation sites is 6. The van der Waals surface area contributed by atoms with Gasteiger partial charge < -0.3 is 18.3 Å². The van der Waals surface area contributed by atoms with Gasteiger partial charge in [-0.1, -0.05) is 200 Å². The molecule has 0 bridgehead atoms. The highest BCUT2D eigenvalue weighted by Crippen LogP contribution is 2.51. The zero-order valence-corrected chi connectivity index (χ0v) is 45.2. The van der Waals surface area contributed by atoms with Crippen molar-refractivity contribution in [2.45, 2.75) is 0 Å². The average molecular weight is 1070 g/mol. The number of aromatic nitrogens is 4. The Morgan fingerprint density at radius 3 is 1.17 bits per heavy atom. The lowest BCUT2D eigenvalue weighted by Gasteiger charge is -2.27. The van der Waals surface area contributed by atoms with Gasteiger partial charge in [-0.25, -0.2) is 0 Å². The molecule has 0 amide bonds. The van der Waals surface area contributed by atoms with E-state index in [4.69, 9.17) is 0 Å². The second-order valence-electron chi connectivity index (χ2n) is 21.7. The number of nitriles is 2. The Morgan fingerprint density at radius 2 is 0.663 bits per heavy atom. The SMILES string of the molecule is N#Cc1c(-n2c3ccccc3c3ccccc32)c(C#N)c(-n2c3ccccc3c3ccccc32)c(-n2c3cc(-c4cc5ccccc5c5ccccc45)ccc3c3ccc4c5ccccc5sc4c32)c1-n1c2ccccc2c2ccccc21. The molecule has 83 heavy (non-hydrogen) atoms. The monoisotopic (exact) mass is 1070 g/mol. The van der Waals surface area contributed by atoms with E-state index in [0.717, 1.165) is 119 Å². The fourth-order valence-corrected chi connectivity index (χ4v) is 15.5. The smallest absolute Gasteiger partial charge is 0.104 e. The molecule has 0 spiro atoms. The molecule has 0 aliphatic heterocycles. The Morgan fingerprint density at radius 1 is 0.277 bits per heavy atom. The van der Waals surface area contributed by atoms with E-state index in [1.807, 2.05) is 0 Å². The summed E-state index contributed by atoms with van der Waals surface area (Å²) in [6.07, 6.45) is 0. The van der Waals surface area contributed by atoms with Crippen molar-refractivity contribution in [3.05, 3.63) is 266 Å². The molecule has 18 aromatic rings. The normalized spacial score (nSPS) is 12.1. The first kappa shape index (κ1) is 45.6. The number of thiophene rings is 1. The summed E-state index contributed by atoms with van der Waals surface area (Å²) in [6, 6.07) is 96.9. The lowest BCUT2D eigenvalue weighted by molar-refractivity contribution is 1.02. The summed E-state index contributed by atoms with van der Waals surface area (Å²) in [5.74, 6) is 0. The molecule has 0 N–H and O–H groups in total. The molecular weight excluding hydrogens is 1030 g/mol. The van der Waals surface area contributed by atoms with Crippen LogP contribution in [0, 0.1) is 22.7 Å². The van der Waals surface area contributed by atoms with Crippen LogP contribution in [0.1, 0.15) is 11.1 Å². The minimum atomic E-state index is 0.370. The summed E-state index contributed by atoms with van der Waals surface area (Å²) >= 11 is 1.79. The fourth-order valence-electron chi connectivity index (χ4n) is 14.2. The van der Waals surface area contributed by atoms with Crippen molar-refractivity contribution in [2.24, 2.45) is 0 Å². The second-order valence-corrected chi connectivity index (χ2v) is 22.7. The van der Waals surface area contributed by atoms with Gasteiger partial charge in [-0.3, -0.25) is 0 Å². The van der Waals surface area contributed by atoms with Crippen molar-refractivity contribution in [1.29, 1.82) is 10.5 Å². The lowest BCUT2D eigenvalue weighted by atomic mass is 9.93. The average Bonchev–Trinajstić information content (AvgIpc) is 1.96. The van der Waals surface area contributed by atoms with Gasteiger partial charge in [-0.2, -0.15) is 10.5 Å². The Bertz CT molecular complexity index is 5670. The molecule has 0 radical (unpaired) electrons. The predicted molar refractivity (Wildman–Crippen MR) is 347 cm³/mol. The maximum Gasteiger partial charge on any atom is 0.104 e. The van der Waals surface area contributed by atoms with Gasteiger partial charge in [-0.15, -0.1) is 11.3 Å². The van der Waals surface area contributed by atoms with E-state index in [2.05, 4.69) is 285 Å². The molecule has 18 rings (SSSR count). The van der Waals surface area contributed by atoms with Gasteiger partial charge in [0, 0.05) is 58.6 Å². The van der Waals surface area contributed by atoms with Gasteiger partial charge in [0.2, 0.25) is 0 Å². The third-order valence-corrected chi connectivity index (χ3v) is 18.8. The highest BCUT2D eigenvalue weighted by molar-refractivity contribution is 7.26. The summed E-state index contributed by atoms with van der Waals surface area (Å²) in [6.45, 7) is 0. The molecule has 0 saturated carbocycles. The molecule has 6 nitrogen and oxygen atoms in total. The summed E-state index contributed by atoms with van der Waals surface area (Å²) in [7, 11) is 0. The van der Waals surface area contributed by atoms with E-state index in [1.165, 1.54) is 20.9 Å². The van der Waals surface area contributed by atoms with Crippen molar-refractivity contribution >= 4 is 140 Å². The summed E-state index contributed by atoms with van der Waals surface area (Å²) < 4.78 is 11.6. The van der Waals surface area contributed by atoms with Crippen molar-refractivity contribution in [3.8, 4) is 46.0 Å². The first-order chi connectivity index (χ1) is 41.2. The second kappa shape index (κ2) is 17.1. The van der Waals surface area contributed by atoms with Crippen molar-refractivity contribution < 1.29 is 0 Å². The number of hydrogen-bond donors (Lipinski definition) is 0. The predicted octanol–water partition coefficient (Wildman–Crippen LogP) is 20.2. The quantitative estimate of drug-likeness (QED) is 0.161. The fraction of sp³-hybridized carbons (Fsp3) is 0. The van der Waals surface area contributed by atoms with Crippen molar-refractivity contribution in [2.75, 3.05) is 0 Å². The van der Waals surface area contributed by atoms with Crippen LogP contribution in [-0.2, 0) is 0 Å². The van der Waals surface area contributed by atoms with Crippen LogP contribution >= 0.6 is 11.3 Å². The summed E-state index contributed by atoms with van der Waals surface area (Å²) in [4.78, 5) is 0. The molecule has 13 aromatic carbocycles. The Hall–Kier alpha value is -11.2. The van der Waals surface area contributed by atoms with E-state index < -0.39 is 0 Å². The van der Waals surface area contributed by atoms with Gasteiger partial charge in [-0.05, 0) is 87.3 Å². The van der Waals surface area contributed by atoms with Crippen molar-refractivity contribution in [3.63, 3.8) is 0 Å². The molecule has 0 aliphatic carbocycles. The summed E-state index contributed by atoms with van der Waals surface area (Å²) in [5.41, 5.74) is 13.0. The number of hydrogen-bond acceptors (Lipinski definition) is 3. The molecule has 0 saturated heterocycles. The number of nitrogens with zero attached hydrogens (tertiary/aromatic N) is 6. The Balaban J connectivity index is 1.15. The van der Waals surface area contributed by atoms with Crippen LogP contribution in [0.5, 0.6) is 0 Å². The topological polar surface area (TPSA) is 67.3 Å². The number of benzene rings is 13. The van der Waals surface area contributed by atoms with E-state index in [1.54, 1.807) is 11.3 Å². The molecular formula is C76H42N6S. The zero-order valence-electron chi connectivity index (χ0n) is 44.3. The highest BCUT2D eigenvalue weighted by Gasteiger charge is 2.35. The maximum atomic E-state index is 12.8. The number of rotatable bonds is 5. The molecule has 7 heteroatoms. The van der Waals surface area contributed by atoms with Crippen molar-refractivity contribution in [1.82, 2.24) is 18.3 Å². The van der Waals surface area contributed by atoms with Gasteiger partial charge in [0.15, 0.2) is 0 Å². The number of fused-ring (bicyclic) bond motifs is 19. The van der Waals surface area contributed by atoms with E-state index in [-0.39, 0.29) is 0 Å². The minimum absolute atomic E-state index is 0.370. The van der Waals surface area contributed by atoms with Crippen LogP contribution in [0.4, 0.5) is 0 Å². The lowest BCUT2D eigenvalue weighted by Crippen LogP contribution is -2.17. The van der Waals surface area contributed by atoms with Crippen LogP contribution in [0.3, 0.4) is 0 Å². The molecule has 0 atom stereocenters. The van der Waals surface area contributed by atoms with Gasteiger partial charge >= 0.3 is 0 Å². The Kier molecular flexibility index (Phi) is 9.42. The molecule has 0 aliphatic rings. The van der Waals surface area contributed by atoms with Crippen LogP contribution < -0.4 is 0 Å². The first-order valence-electron chi connectivity index (χ1n) is 28.0. The summed E-state index contributed by atoms with van der Waals surface area (Å²) in [5, 5.41) is 41.0. The van der Waals surface area contributed by atoms with Crippen LogP contribution in [0.2, 0.25) is 0 Å². The highest BCUT2D eigenvalue weighted by atomic mass is 32.1. The molecule has 0 fully saturated rings. The third kappa shape index (κ3) is 6.13. The maximum absolute atomic E-state index is 12.8. The molecule has 5 heterocycles. The zero-order chi connectivity index (χ0) is 54.6. The first-order valence-corrected chi connectivity index (χ1v) is 28.8. The van der Waals surface area contributed by atoms with Crippen LogP contribution in [0.25, 0.3) is 163 Å². The molecule has 0 unspecified atom stereocenters.